The number of methoxy groups -OCH3 is 3. The van der Waals surface area contributed by atoms with Crippen molar-refractivity contribution in [1.82, 2.24) is 14.5 Å². The zero-order chi connectivity index (χ0) is 26.4. The molecule has 9 nitrogen and oxygen atoms in total. The lowest BCUT2D eigenvalue weighted by Crippen LogP contribution is -2.42. The standard InChI is InChI=1S/C28H32N4O5/c1-30-15-7-9-24(30)23-18-25(22-8-5-6-10-26(22)37-4)32(29-23)27(33)19-31(16-17-35-2)28(34)20-11-13-21(36-3)14-12-20/h5-15,25H,16-19H2,1-4H3/t25-/m1/s1. The van der Waals surface area contributed by atoms with Crippen LogP contribution >= 0.6 is 0 Å². The molecule has 2 heterocycles. The fraction of sp³-hybridized carbons (Fsp3) is 0.321. The Morgan fingerprint density at radius 2 is 1.76 bits per heavy atom. The first-order valence-electron chi connectivity index (χ1n) is 12.0. The molecule has 0 radical (unpaired) electrons. The average molecular weight is 505 g/mol. The summed E-state index contributed by atoms with van der Waals surface area (Å²) in [4.78, 5) is 28.6. The van der Waals surface area contributed by atoms with E-state index in [0.717, 1.165) is 17.0 Å². The number of benzene rings is 2. The number of carbonyl (C=O) groups is 2. The minimum atomic E-state index is -0.367. The van der Waals surface area contributed by atoms with Crippen LogP contribution in [-0.2, 0) is 16.6 Å². The van der Waals surface area contributed by atoms with Gasteiger partial charge in [-0.05, 0) is 42.5 Å². The molecular formula is C28H32N4O5. The highest BCUT2D eigenvalue weighted by Gasteiger charge is 2.36. The first kappa shape index (κ1) is 26.0. The molecule has 37 heavy (non-hydrogen) atoms. The number of aromatic nitrogens is 1. The predicted molar refractivity (Wildman–Crippen MR) is 140 cm³/mol. The number of carbonyl (C=O) groups excluding carboxylic acids is 2. The fourth-order valence-electron chi connectivity index (χ4n) is 4.45. The number of hydrazone groups is 1. The van der Waals surface area contributed by atoms with E-state index in [-0.39, 0.29) is 30.9 Å². The number of hydrogen-bond donors (Lipinski definition) is 0. The number of amides is 2. The van der Waals surface area contributed by atoms with Crippen molar-refractivity contribution in [2.45, 2.75) is 12.5 Å². The molecule has 194 valence electrons. The number of para-hydroxylation sites is 1. The molecule has 0 spiro atoms. The number of aryl methyl sites for hydroxylation is 1. The first-order valence-corrected chi connectivity index (χ1v) is 12.0. The molecule has 0 N–H and O–H groups in total. The fourth-order valence-corrected chi connectivity index (χ4v) is 4.45. The zero-order valence-corrected chi connectivity index (χ0v) is 21.6. The summed E-state index contributed by atoms with van der Waals surface area (Å²) < 4.78 is 18.0. The van der Waals surface area contributed by atoms with E-state index in [1.54, 1.807) is 45.6 Å². The van der Waals surface area contributed by atoms with Gasteiger partial charge >= 0.3 is 0 Å². The molecule has 2 amide bonds. The summed E-state index contributed by atoms with van der Waals surface area (Å²) >= 11 is 0. The number of nitrogens with zero attached hydrogens (tertiary/aromatic N) is 4. The molecule has 0 fully saturated rings. The number of hydrogen-bond acceptors (Lipinski definition) is 6. The molecule has 1 aliphatic heterocycles. The third-order valence-corrected chi connectivity index (χ3v) is 6.42. The lowest BCUT2D eigenvalue weighted by Gasteiger charge is -2.27. The summed E-state index contributed by atoms with van der Waals surface area (Å²) in [6.45, 7) is 0.404. The van der Waals surface area contributed by atoms with Gasteiger partial charge < -0.3 is 23.7 Å². The van der Waals surface area contributed by atoms with E-state index in [2.05, 4.69) is 0 Å². The quantitative estimate of drug-likeness (QED) is 0.422. The highest BCUT2D eigenvalue weighted by atomic mass is 16.5. The van der Waals surface area contributed by atoms with Crippen molar-refractivity contribution in [3.05, 3.63) is 83.7 Å². The third-order valence-electron chi connectivity index (χ3n) is 6.42. The van der Waals surface area contributed by atoms with Crippen LogP contribution in [-0.4, -0.2) is 73.0 Å². The van der Waals surface area contributed by atoms with Crippen LogP contribution in [0.4, 0.5) is 0 Å². The molecule has 0 saturated carbocycles. The van der Waals surface area contributed by atoms with E-state index in [1.807, 2.05) is 54.2 Å². The van der Waals surface area contributed by atoms with Gasteiger partial charge in [0.1, 0.15) is 18.0 Å². The molecule has 3 aromatic rings. The monoisotopic (exact) mass is 504 g/mol. The van der Waals surface area contributed by atoms with Crippen molar-refractivity contribution in [3.8, 4) is 11.5 Å². The Balaban J connectivity index is 1.64. The predicted octanol–water partition coefficient (Wildman–Crippen LogP) is 3.51. The van der Waals surface area contributed by atoms with E-state index < -0.39 is 0 Å². The molecule has 9 heteroatoms. The maximum absolute atomic E-state index is 13.8. The van der Waals surface area contributed by atoms with E-state index >= 15 is 0 Å². The van der Waals surface area contributed by atoms with Crippen molar-refractivity contribution in [1.29, 1.82) is 0 Å². The molecular weight excluding hydrogens is 472 g/mol. The second-order valence-electron chi connectivity index (χ2n) is 8.70. The largest absolute Gasteiger partial charge is 0.497 e. The third kappa shape index (κ3) is 5.67. The van der Waals surface area contributed by atoms with Gasteiger partial charge in [0.2, 0.25) is 0 Å². The summed E-state index contributed by atoms with van der Waals surface area (Å²) in [7, 11) is 6.69. The highest BCUT2D eigenvalue weighted by Crippen LogP contribution is 2.37. The minimum Gasteiger partial charge on any atom is -0.497 e. The van der Waals surface area contributed by atoms with Crippen molar-refractivity contribution in [3.63, 3.8) is 0 Å². The van der Waals surface area contributed by atoms with E-state index in [4.69, 9.17) is 19.3 Å². The molecule has 0 aliphatic carbocycles. The molecule has 2 aromatic carbocycles. The van der Waals surface area contributed by atoms with Gasteiger partial charge in [0.05, 0.1) is 38.3 Å². The molecule has 1 aromatic heterocycles. The molecule has 0 saturated heterocycles. The Morgan fingerprint density at radius 3 is 2.41 bits per heavy atom. The Labute approximate surface area is 216 Å². The minimum absolute atomic E-state index is 0.149. The second-order valence-corrected chi connectivity index (χ2v) is 8.70. The van der Waals surface area contributed by atoms with Gasteiger partial charge in [-0.1, -0.05) is 18.2 Å². The van der Waals surface area contributed by atoms with Crippen LogP contribution in [0.2, 0.25) is 0 Å². The van der Waals surface area contributed by atoms with E-state index in [1.165, 1.54) is 9.91 Å². The van der Waals surface area contributed by atoms with Crippen LogP contribution in [0.25, 0.3) is 0 Å². The summed E-state index contributed by atoms with van der Waals surface area (Å²) in [5, 5.41) is 6.24. The van der Waals surface area contributed by atoms with Crippen LogP contribution in [0.1, 0.15) is 34.1 Å². The van der Waals surface area contributed by atoms with Gasteiger partial charge in [0, 0.05) is 44.4 Å². The molecule has 1 atom stereocenters. The van der Waals surface area contributed by atoms with Gasteiger partial charge in [-0.15, -0.1) is 0 Å². The topological polar surface area (TPSA) is 85.6 Å². The van der Waals surface area contributed by atoms with Crippen molar-refractivity contribution >= 4 is 17.5 Å². The summed E-state index contributed by atoms with van der Waals surface area (Å²) in [6.07, 6.45) is 2.47. The van der Waals surface area contributed by atoms with Crippen LogP contribution in [0, 0.1) is 0 Å². The summed E-state index contributed by atoms with van der Waals surface area (Å²) in [6, 6.07) is 18.0. The summed E-state index contributed by atoms with van der Waals surface area (Å²) in [5.74, 6) is 0.764. The van der Waals surface area contributed by atoms with Crippen molar-refractivity contribution in [2.24, 2.45) is 12.1 Å². The number of ether oxygens (including phenoxy) is 3. The van der Waals surface area contributed by atoms with Gasteiger partial charge in [-0.3, -0.25) is 9.59 Å². The molecule has 0 unspecified atom stereocenters. The smallest absolute Gasteiger partial charge is 0.262 e. The van der Waals surface area contributed by atoms with E-state index in [9.17, 15) is 9.59 Å². The second kappa shape index (κ2) is 11.7. The Bertz CT molecular complexity index is 1270. The lowest BCUT2D eigenvalue weighted by molar-refractivity contribution is -0.133. The van der Waals surface area contributed by atoms with Crippen LogP contribution < -0.4 is 9.47 Å². The molecule has 0 bridgehead atoms. The Morgan fingerprint density at radius 1 is 1.00 bits per heavy atom. The highest BCUT2D eigenvalue weighted by molar-refractivity contribution is 6.03. The van der Waals surface area contributed by atoms with Gasteiger partial charge in [0.25, 0.3) is 11.8 Å². The SMILES string of the molecule is COCCN(CC(=O)N1N=C(c2cccn2C)C[C@@H]1c1ccccc1OC)C(=O)c1ccc(OC)cc1. The maximum atomic E-state index is 13.8. The van der Waals surface area contributed by atoms with Crippen LogP contribution in [0.5, 0.6) is 11.5 Å². The Kier molecular flexibility index (Phi) is 8.25. The zero-order valence-electron chi connectivity index (χ0n) is 21.6. The number of rotatable bonds is 10. The lowest BCUT2D eigenvalue weighted by atomic mass is 9.99. The Hall–Kier alpha value is -4.11. The summed E-state index contributed by atoms with van der Waals surface area (Å²) in [5.41, 5.74) is 3.04. The maximum Gasteiger partial charge on any atom is 0.262 e. The first-order chi connectivity index (χ1) is 18.0. The van der Waals surface area contributed by atoms with E-state index in [0.29, 0.717) is 30.1 Å². The average Bonchev–Trinajstić information content (AvgIpc) is 3.56. The van der Waals surface area contributed by atoms with Gasteiger partial charge in [-0.2, -0.15) is 5.10 Å². The normalized spacial score (nSPS) is 14.9. The molecule has 1 aliphatic rings. The van der Waals surface area contributed by atoms with Crippen LogP contribution in [0.3, 0.4) is 0 Å². The van der Waals surface area contributed by atoms with Crippen molar-refractivity contribution in [2.75, 3.05) is 41.0 Å². The van der Waals surface area contributed by atoms with Crippen LogP contribution in [0.15, 0.2) is 72.0 Å². The van der Waals surface area contributed by atoms with Gasteiger partial charge in [0.15, 0.2) is 0 Å². The van der Waals surface area contributed by atoms with Gasteiger partial charge in [-0.25, -0.2) is 5.01 Å². The van der Waals surface area contributed by atoms with Crippen molar-refractivity contribution < 1.29 is 23.8 Å². The molecule has 4 rings (SSSR count).